The Kier molecular flexibility index (Phi) is 13.8. The van der Waals surface area contributed by atoms with Crippen LogP contribution in [0.1, 0.15) is 81.4 Å². The number of aliphatic hydroxyl groups excluding tert-OH is 1. The quantitative estimate of drug-likeness (QED) is 0.0782. The number of aryl methyl sites for hydroxylation is 2. The summed E-state index contributed by atoms with van der Waals surface area (Å²) >= 11 is 1.59. The summed E-state index contributed by atoms with van der Waals surface area (Å²) in [6, 6.07) is 19.0. The fraction of sp³-hybridized carbons (Fsp3) is 0.466. The molecule has 77 heavy (non-hydrogen) atoms. The Morgan fingerprint density at radius 2 is 1.78 bits per heavy atom. The summed E-state index contributed by atoms with van der Waals surface area (Å²) in [6.07, 6.45) is 5.89. The molecular weight excluding hydrogens is 998 g/mol. The number of aromatic nitrogens is 5. The number of piperidine rings is 1. The van der Waals surface area contributed by atoms with Gasteiger partial charge < -0.3 is 44.8 Å². The Bertz CT molecular complexity index is 3320. The number of thiazole rings is 1. The number of aliphatic hydroxyl groups is 1. The number of aromatic hydroxyl groups is 1. The molecule has 2 amide bonds. The van der Waals surface area contributed by atoms with Gasteiger partial charge in [0.1, 0.15) is 41.3 Å². The molecule has 0 saturated carbocycles. The summed E-state index contributed by atoms with van der Waals surface area (Å²) < 4.78 is 29.4. The third-order valence-electron chi connectivity index (χ3n) is 16.8. The normalized spacial score (nSPS) is 21.6. The molecule has 0 aliphatic carbocycles. The highest BCUT2D eigenvalue weighted by Crippen LogP contribution is 2.44. The van der Waals surface area contributed by atoms with Crippen LogP contribution < -0.4 is 25.2 Å². The average Bonchev–Trinajstić information content (AvgIpc) is 4.29. The van der Waals surface area contributed by atoms with Gasteiger partial charge in [-0.3, -0.25) is 19.5 Å². The maximum atomic E-state index is 17.1. The number of phenols is 1. The molecule has 5 saturated heterocycles. The van der Waals surface area contributed by atoms with Crippen LogP contribution in [0.15, 0.2) is 76.9 Å². The van der Waals surface area contributed by atoms with Gasteiger partial charge in [0.2, 0.25) is 11.8 Å². The first kappa shape index (κ1) is 51.0. The number of nitrogens with one attached hydrogen (secondary N) is 2. The zero-order valence-corrected chi connectivity index (χ0v) is 44.9. The van der Waals surface area contributed by atoms with Crippen LogP contribution in [0.25, 0.3) is 43.4 Å². The number of pyridine rings is 1. The van der Waals surface area contributed by atoms with Gasteiger partial charge in [0, 0.05) is 87.6 Å². The number of phenolic OH excluding ortho intramolecular Hbond substituents is 1. The summed E-state index contributed by atoms with van der Waals surface area (Å²) in [7, 11) is 0. The van der Waals surface area contributed by atoms with Crippen LogP contribution in [-0.4, -0.2) is 140 Å². The van der Waals surface area contributed by atoms with Crippen molar-refractivity contribution in [2.45, 2.75) is 103 Å². The molecule has 402 valence electrons. The van der Waals surface area contributed by atoms with Crippen LogP contribution >= 0.6 is 11.3 Å². The first-order valence-electron chi connectivity index (χ1n) is 27.2. The Hall–Kier alpha value is -6.80. The number of nitrogens with zero attached hydrogens (tertiary/aromatic N) is 9. The molecule has 3 unspecified atom stereocenters. The molecule has 5 atom stereocenters. The summed E-state index contributed by atoms with van der Waals surface area (Å²) in [5.41, 5.74) is 6.75. The standard InChI is InChI=1S/C58H66FN11O6S/c1-5-36-7-6-8-38-21-41(71)22-43(49(36)38)51-50(59)52-44(26-60-51)54(68-27-39-13-14-40(28-68)63-39)65-57(64-52)75-20-19-67-17-15-58(16-18-67)30-69(31-58)47-24-46(76-66-47)48(33(2)3)56(74)70-29-42(72)23-45(70)55(73)61-25-35-9-11-37(12-10-35)53-34(4)62-32-77-53/h6-12,21-22,24,26,32-33,39-40,42,45,48,63,71-72H,5,13-20,23,25,27-31H2,1-4H3,(H,61,73)/t39?,40?,42-,45+,48?/m1/s1. The van der Waals surface area contributed by atoms with E-state index in [4.69, 9.17) is 24.2 Å². The van der Waals surface area contributed by atoms with E-state index in [1.54, 1.807) is 29.7 Å². The van der Waals surface area contributed by atoms with Crippen molar-refractivity contribution < 1.29 is 33.5 Å². The van der Waals surface area contributed by atoms with Gasteiger partial charge in [0.25, 0.3) is 0 Å². The smallest absolute Gasteiger partial charge is 0.319 e. The molecule has 4 aromatic heterocycles. The lowest BCUT2D eigenvalue weighted by Gasteiger charge is -2.54. The SMILES string of the molecule is CCc1cccc2cc(O)cc(-c3ncc4c(N5CC6CCC(C5)N6)nc(OCCN5CCC6(CC5)CN(c5cc(C(C(=O)N7C[C@H](O)C[C@H]7C(=O)NCc7ccc(-c8scnc8C)cc7)C(C)C)on5)C6)nc4c3F)c12. The van der Waals surface area contributed by atoms with E-state index in [0.717, 1.165) is 109 Å². The van der Waals surface area contributed by atoms with Crippen molar-refractivity contribution in [2.24, 2.45) is 11.3 Å². The highest BCUT2D eigenvalue weighted by atomic mass is 32.1. The van der Waals surface area contributed by atoms with E-state index in [9.17, 15) is 19.8 Å². The topological polar surface area (TPSA) is 198 Å². The minimum atomic E-state index is -0.817. The highest BCUT2D eigenvalue weighted by Gasteiger charge is 2.47. The molecule has 2 bridgehead atoms. The minimum Gasteiger partial charge on any atom is -0.508 e. The van der Waals surface area contributed by atoms with Crippen LogP contribution in [0.4, 0.5) is 16.0 Å². The van der Waals surface area contributed by atoms with Gasteiger partial charge >= 0.3 is 6.01 Å². The van der Waals surface area contributed by atoms with Crippen LogP contribution in [0.5, 0.6) is 11.8 Å². The number of amides is 2. The number of β-amino-alcohol motifs (C(OH)–C–C–N with tert-alkyl or cyclic N) is 1. The van der Waals surface area contributed by atoms with Crippen LogP contribution in [0, 0.1) is 24.1 Å². The number of benzene rings is 3. The molecule has 5 aliphatic heterocycles. The van der Waals surface area contributed by atoms with E-state index in [0.29, 0.717) is 60.1 Å². The van der Waals surface area contributed by atoms with Gasteiger partial charge in [-0.15, -0.1) is 11.3 Å². The number of rotatable bonds is 15. The van der Waals surface area contributed by atoms with Crippen LogP contribution in [-0.2, 0) is 22.6 Å². The zero-order valence-electron chi connectivity index (χ0n) is 44.0. The van der Waals surface area contributed by atoms with Gasteiger partial charge in [-0.25, -0.2) is 9.37 Å². The number of halogens is 1. The van der Waals surface area contributed by atoms with Crippen LogP contribution in [0.3, 0.4) is 0 Å². The molecule has 17 nitrogen and oxygen atoms in total. The highest BCUT2D eigenvalue weighted by molar-refractivity contribution is 7.13. The van der Waals surface area contributed by atoms with E-state index in [-0.39, 0.29) is 59.1 Å². The predicted molar refractivity (Wildman–Crippen MR) is 294 cm³/mol. The van der Waals surface area contributed by atoms with E-state index in [1.165, 1.54) is 4.90 Å². The minimum absolute atomic E-state index is 0.0371. The van der Waals surface area contributed by atoms with Crippen molar-refractivity contribution in [3.05, 3.63) is 101 Å². The van der Waals surface area contributed by atoms with Crippen molar-refractivity contribution >= 4 is 56.5 Å². The first-order chi connectivity index (χ1) is 37.3. The van der Waals surface area contributed by atoms with E-state index in [1.807, 2.05) is 74.8 Å². The van der Waals surface area contributed by atoms with Gasteiger partial charge in [-0.2, -0.15) is 9.97 Å². The lowest BCUT2D eigenvalue weighted by Crippen LogP contribution is -2.60. The monoisotopic (exact) mass is 1060 g/mol. The summed E-state index contributed by atoms with van der Waals surface area (Å²) in [5, 5.41) is 34.9. The second kappa shape index (κ2) is 20.9. The molecule has 19 heteroatoms. The molecule has 5 fully saturated rings. The number of likely N-dealkylation sites (tertiary alicyclic amines) is 2. The Morgan fingerprint density at radius 1 is 1.00 bits per heavy atom. The lowest BCUT2D eigenvalue weighted by atomic mass is 9.72. The summed E-state index contributed by atoms with van der Waals surface area (Å²) in [4.78, 5) is 56.2. The summed E-state index contributed by atoms with van der Waals surface area (Å²) in [6.45, 7) is 14.2. The number of hydrogen-bond acceptors (Lipinski definition) is 16. The fourth-order valence-corrected chi connectivity index (χ4v) is 13.5. The molecule has 9 heterocycles. The maximum Gasteiger partial charge on any atom is 0.319 e. The molecule has 3 aromatic carbocycles. The third-order valence-corrected chi connectivity index (χ3v) is 17.8. The van der Waals surface area contributed by atoms with Gasteiger partial charge in [0.05, 0.1) is 27.6 Å². The number of fused-ring (bicyclic) bond motifs is 4. The van der Waals surface area contributed by atoms with E-state index < -0.39 is 23.9 Å². The fourth-order valence-electron chi connectivity index (χ4n) is 12.7. The molecule has 1 spiro atoms. The maximum absolute atomic E-state index is 17.1. The van der Waals surface area contributed by atoms with Crippen molar-refractivity contribution in [3.8, 4) is 33.5 Å². The second-order valence-electron chi connectivity index (χ2n) is 22.4. The lowest BCUT2D eigenvalue weighted by molar-refractivity contribution is -0.141. The van der Waals surface area contributed by atoms with E-state index >= 15 is 4.39 Å². The number of piperazine rings is 1. The third kappa shape index (κ3) is 9.95. The Balaban J connectivity index is 0.671. The average molecular weight is 1060 g/mol. The molecule has 4 N–H and O–H groups in total. The number of carbonyl (C=O) groups excluding carboxylic acids is 2. The van der Waals surface area contributed by atoms with Crippen molar-refractivity contribution in [1.82, 2.24) is 45.5 Å². The molecule has 5 aliphatic rings. The molecule has 7 aromatic rings. The number of carbonyl (C=O) groups is 2. The van der Waals surface area contributed by atoms with Crippen LogP contribution in [0.2, 0.25) is 0 Å². The van der Waals surface area contributed by atoms with Gasteiger partial charge in [0.15, 0.2) is 17.4 Å². The largest absolute Gasteiger partial charge is 0.508 e. The first-order valence-corrected chi connectivity index (χ1v) is 28.1. The Labute approximate surface area is 450 Å². The van der Waals surface area contributed by atoms with Crippen molar-refractivity contribution in [2.75, 3.05) is 68.8 Å². The second-order valence-corrected chi connectivity index (χ2v) is 23.2. The number of hydrogen-bond donors (Lipinski definition) is 4. The number of ether oxygens (including phenoxy) is 1. The Morgan fingerprint density at radius 3 is 2.51 bits per heavy atom. The zero-order chi connectivity index (χ0) is 53.1. The van der Waals surface area contributed by atoms with Gasteiger partial charge in [-0.1, -0.05) is 68.4 Å². The molecule has 12 rings (SSSR count). The number of anilines is 2. The summed E-state index contributed by atoms with van der Waals surface area (Å²) in [5.74, 6) is -0.184. The van der Waals surface area contributed by atoms with Crippen molar-refractivity contribution in [3.63, 3.8) is 0 Å². The molecule has 0 radical (unpaired) electrons. The predicted octanol–water partition coefficient (Wildman–Crippen LogP) is 7.61. The van der Waals surface area contributed by atoms with E-state index in [2.05, 4.69) is 42.4 Å². The molecular formula is C58H66FN11O6S. The van der Waals surface area contributed by atoms with Crippen molar-refractivity contribution in [1.29, 1.82) is 0 Å². The van der Waals surface area contributed by atoms with Gasteiger partial charge in [-0.05, 0) is 97.6 Å².